The molecule has 3 aromatic rings. The minimum absolute atomic E-state index is 0.108. The van der Waals surface area contributed by atoms with Gasteiger partial charge in [0.2, 0.25) is 17.7 Å². The molecule has 4 saturated heterocycles. The summed E-state index contributed by atoms with van der Waals surface area (Å²) >= 11 is 8.35. The fourth-order valence-electron chi connectivity index (χ4n) is 9.53. The lowest BCUT2D eigenvalue weighted by molar-refractivity contribution is -0.139. The maximum atomic E-state index is 13.6. The van der Waals surface area contributed by atoms with Crippen LogP contribution in [0.3, 0.4) is 0 Å². The van der Waals surface area contributed by atoms with Gasteiger partial charge < -0.3 is 31.5 Å². The van der Waals surface area contributed by atoms with Crippen molar-refractivity contribution in [1.29, 1.82) is 0 Å². The highest BCUT2D eigenvalue weighted by atomic mass is 35.5. The van der Waals surface area contributed by atoms with E-state index in [0.29, 0.717) is 46.5 Å². The number of halogens is 1. The number of benzene rings is 1. The molecule has 4 aliphatic heterocycles. The normalized spacial score (nSPS) is 24.3. The first-order chi connectivity index (χ1) is 29.0. The van der Waals surface area contributed by atoms with E-state index < -0.39 is 0 Å². The number of piperazine rings is 1. The highest BCUT2D eigenvalue weighted by molar-refractivity contribution is 7.99. The quantitative estimate of drug-likeness (QED) is 0.181. The molecule has 14 nitrogen and oxygen atoms in total. The molecule has 3 amide bonds. The van der Waals surface area contributed by atoms with Crippen molar-refractivity contribution in [3.05, 3.63) is 53.4 Å². The Morgan fingerprint density at radius 2 is 1.68 bits per heavy atom. The first-order valence-corrected chi connectivity index (χ1v) is 23.1. The highest BCUT2D eigenvalue weighted by Gasteiger charge is 2.33. The number of imide groups is 1. The second kappa shape index (κ2) is 18.8. The van der Waals surface area contributed by atoms with Crippen molar-refractivity contribution in [2.24, 2.45) is 23.5 Å². The van der Waals surface area contributed by atoms with Crippen LogP contribution in [0.15, 0.2) is 52.8 Å². The van der Waals surface area contributed by atoms with Crippen LogP contribution in [0.1, 0.15) is 82.6 Å². The lowest BCUT2D eigenvalue weighted by Gasteiger charge is -2.40. The van der Waals surface area contributed by atoms with Crippen LogP contribution in [0.25, 0.3) is 0 Å². The van der Waals surface area contributed by atoms with Gasteiger partial charge in [0, 0.05) is 94.4 Å². The summed E-state index contributed by atoms with van der Waals surface area (Å²) in [7, 11) is 0. The van der Waals surface area contributed by atoms with Gasteiger partial charge in [0.1, 0.15) is 10.8 Å². The number of amides is 3. The van der Waals surface area contributed by atoms with Gasteiger partial charge in [0.15, 0.2) is 5.82 Å². The number of carbonyl (C=O) groups is 3. The molecule has 322 valence electrons. The third-order valence-corrected chi connectivity index (χ3v) is 15.1. The fraction of sp³-hybridized carbons (Fsp3) is 0.591. The number of carbonyl (C=O) groups excluding carboxylic acids is 3. The van der Waals surface area contributed by atoms with Gasteiger partial charge in [0.05, 0.1) is 34.7 Å². The average molecular weight is 859 g/mol. The summed E-state index contributed by atoms with van der Waals surface area (Å²) in [6.45, 7) is 11.0. The Hall–Kier alpha value is -4.18. The Morgan fingerprint density at radius 1 is 0.933 bits per heavy atom. The number of pyridine rings is 1. The van der Waals surface area contributed by atoms with Crippen molar-refractivity contribution in [3.63, 3.8) is 0 Å². The molecule has 0 radical (unpaired) electrons. The summed E-state index contributed by atoms with van der Waals surface area (Å²) in [6.07, 6.45) is 14.2. The summed E-state index contributed by atoms with van der Waals surface area (Å²) in [5.74, 6) is 1.97. The molecule has 1 aliphatic carbocycles. The van der Waals surface area contributed by atoms with Crippen molar-refractivity contribution in [3.8, 4) is 0 Å². The number of hydrogen-bond acceptors (Lipinski definition) is 13. The van der Waals surface area contributed by atoms with Gasteiger partial charge in [0.25, 0.3) is 0 Å². The monoisotopic (exact) mass is 857 g/mol. The minimum atomic E-state index is -0.321. The van der Waals surface area contributed by atoms with Crippen LogP contribution in [0, 0.1) is 17.8 Å². The largest absolute Gasteiger partial charge is 0.384 e. The maximum Gasteiger partial charge on any atom is 0.234 e. The van der Waals surface area contributed by atoms with Crippen LogP contribution in [0.2, 0.25) is 5.02 Å². The molecule has 5 fully saturated rings. The van der Waals surface area contributed by atoms with E-state index in [1.807, 2.05) is 24.4 Å². The van der Waals surface area contributed by atoms with Gasteiger partial charge >= 0.3 is 0 Å². The lowest BCUT2D eigenvalue weighted by atomic mass is 9.81. The van der Waals surface area contributed by atoms with E-state index in [2.05, 4.69) is 58.2 Å². The molecule has 1 atom stereocenters. The Balaban J connectivity index is 0.735. The summed E-state index contributed by atoms with van der Waals surface area (Å²) in [5.41, 5.74) is 15.4. The molecule has 1 saturated carbocycles. The number of piperidine rings is 3. The van der Waals surface area contributed by atoms with Crippen LogP contribution in [-0.4, -0.2) is 113 Å². The van der Waals surface area contributed by atoms with Crippen LogP contribution >= 0.6 is 23.4 Å². The first-order valence-electron chi connectivity index (χ1n) is 21.9. The molecule has 8 rings (SSSR count). The standard InChI is InChI=1S/C44H60ClN11O3S/c1-44(47)13-17-55(18-14-44)37-27-50-42(40(46)51-37)60-36-4-2-3-35(39(36)45)49-24-29-5-7-31(8-6-29)43(59)56-21-19-53(20-22-56)28-30-11-15-54(16-12-30)33-23-32(25-48-26-33)34-9-10-38(57)52-41(34)58/h2-4,23,25-27,29-31,34,49H,5-22,24,28,47H2,1H3,(H2,46,51)(H,52,57,58). The SMILES string of the molecule is CC1(N)CCN(c2cnc(Sc3cccc(NCC4CCC(C(=O)N5CCN(CC6CCN(c7cncc(C8CCC(=O)NC8=O)c7)CC6)CC5)CC4)c3Cl)c(N)n2)CC1. The van der Waals surface area contributed by atoms with Gasteiger partial charge in [-0.15, -0.1) is 0 Å². The second-order valence-corrected chi connectivity index (χ2v) is 19.3. The Bertz CT molecular complexity index is 2000. The Morgan fingerprint density at radius 3 is 2.40 bits per heavy atom. The van der Waals surface area contributed by atoms with Crippen molar-refractivity contribution in [2.75, 3.05) is 86.3 Å². The molecular weight excluding hydrogens is 798 g/mol. The molecule has 1 aromatic carbocycles. The number of nitrogens with zero attached hydrogens (tertiary/aromatic N) is 7. The smallest absolute Gasteiger partial charge is 0.234 e. The molecule has 0 spiro atoms. The van der Waals surface area contributed by atoms with Crippen LogP contribution < -0.4 is 31.9 Å². The predicted octanol–water partition coefficient (Wildman–Crippen LogP) is 5.38. The summed E-state index contributed by atoms with van der Waals surface area (Å²) in [5, 5.41) is 7.34. The third kappa shape index (κ3) is 10.3. The third-order valence-electron chi connectivity index (χ3n) is 13.5. The number of aromatic nitrogens is 3. The van der Waals surface area contributed by atoms with Crippen LogP contribution in [0.4, 0.5) is 23.0 Å². The topological polar surface area (TPSA) is 179 Å². The number of nitrogens with two attached hydrogens (primary N) is 2. The van der Waals surface area contributed by atoms with E-state index in [1.165, 1.54) is 11.8 Å². The fourth-order valence-corrected chi connectivity index (χ4v) is 10.6. The highest BCUT2D eigenvalue weighted by Crippen LogP contribution is 2.40. The van der Waals surface area contributed by atoms with E-state index in [0.717, 1.165) is 144 Å². The van der Waals surface area contributed by atoms with Crippen molar-refractivity contribution < 1.29 is 14.4 Å². The molecule has 2 aromatic heterocycles. The van der Waals surface area contributed by atoms with E-state index >= 15 is 0 Å². The molecule has 1 unspecified atom stereocenters. The van der Waals surface area contributed by atoms with E-state index in [-0.39, 0.29) is 29.2 Å². The minimum Gasteiger partial charge on any atom is -0.384 e. The number of anilines is 4. The molecule has 60 heavy (non-hydrogen) atoms. The van der Waals surface area contributed by atoms with Gasteiger partial charge in [-0.3, -0.25) is 29.6 Å². The van der Waals surface area contributed by atoms with Gasteiger partial charge in [-0.25, -0.2) is 9.97 Å². The van der Waals surface area contributed by atoms with Crippen molar-refractivity contribution in [1.82, 2.24) is 30.1 Å². The summed E-state index contributed by atoms with van der Waals surface area (Å²) in [6, 6.07) is 8.06. The molecule has 16 heteroatoms. The zero-order valence-corrected chi connectivity index (χ0v) is 36.4. The predicted molar refractivity (Wildman–Crippen MR) is 237 cm³/mol. The molecule has 6 heterocycles. The molecular formula is C44H60ClN11O3S. The zero-order valence-electron chi connectivity index (χ0n) is 34.8. The van der Waals surface area contributed by atoms with Crippen molar-refractivity contribution in [2.45, 2.75) is 92.5 Å². The maximum absolute atomic E-state index is 13.6. The van der Waals surface area contributed by atoms with Crippen LogP contribution in [0.5, 0.6) is 0 Å². The molecule has 5 aliphatic rings. The number of nitrogens with one attached hydrogen (secondary N) is 2. The number of hydrogen-bond donors (Lipinski definition) is 4. The van der Waals surface area contributed by atoms with Gasteiger partial charge in [-0.2, -0.15) is 0 Å². The van der Waals surface area contributed by atoms with E-state index in [9.17, 15) is 14.4 Å². The van der Waals surface area contributed by atoms with Gasteiger partial charge in [-0.05, 0) is 100 Å². The van der Waals surface area contributed by atoms with E-state index in [1.54, 1.807) is 12.4 Å². The lowest BCUT2D eigenvalue weighted by Crippen LogP contribution is -2.52. The molecule has 0 bridgehead atoms. The van der Waals surface area contributed by atoms with Crippen LogP contribution in [-0.2, 0) is 14.4 Å². The summed E-state index contributed by atoms with van der Waals surface area (Å²) in [4.78, 5) is 61.5. The zero-order chi connectivity index (χ0) is 41.8. The van der Waals surface area contributed by atoms with Gasteiger partial charge in [-0.1, -0.05) is 29.4 Å². The van der Waals surface area contributed by atoms with E-state index in [4.69, 9.17) is 23.1 Å². The number of rotatable bonds is 11. The second-order valence-electron chi connectivity index (χ2n) is 17.9. The summed E-state index contributed by atoms with van der Waals surface area (Å²) < 4.78 is 0. The van der Waals surface area contributed by atoms with Crippen molar-refractivity contribution >= 4 is 64.1 Å². The average Bonchev–Trinajstić information content (AvgIpc) is 3.25. The molecule has 6 N–H and O–H groups in total. The first kappa shape index (κ1) is 42.5. The number of nitrogen functional groups attached to an aromatic ring is 1. The Labute approximate surface area is 362 Å². The Kier molecular flexibility index (Phi) is 13.3.